The minimum absolute atomic E-state index is 0.00176. The van der Waals surface area contributed by atoms with Crippen molar-refractivity contribution < 1.29 is 9.59 Å². The van der Waals surface area contributed by atoms with Gasteiger partial charge in [0.15, 0.2) is 0 Å². The number of amides is 2. The Morgan fingerprint density at radius 3 is 2.04 bits per heavy atom. The first-order valence-electron chi connectivity index (χ1n) is 9.77. The second-order valence-electron chi connectivity index (χ2n) is 6.92. The van der Waals surface area contributed by atoms with Gasteiger partial charge in [0, 0.05) is 18.8 Å². The third kappa shape index (κ3) is 4.62. The van der Waals surface area contributed by atoms with Gasteiger partial charge in [-0.05, 0) is 43.2 Å². The summed E-state index contributed by atoms with van der Waals surface area (Å²) in [5, 5.41) is 3.12. The second-order valence-corrected chi connectivity index (χ2v) is 6.92. The fourth-order valence-electron chi connectivity index (χ4n) is 3.48. The molecule has 138 valence electrons. The largest absolute Gasteiger partial charge is 0.342 e. The first kappa shape index (κ1) is 19.5. The van der Waals surface area contributed by atoms with Gasteiger partial charge >= 0.3 is 0 Å². The maximum absolute atomic E-state index is 12.7. The Morgan fingerprint density at radius 2 is 1.56 bits per heavy atom. The van der Waals surface area contributed by atoms with E-state index in [0.717, 1.165) is 55.6 Å². The molecule has 1 aliphatic carbocycles. The molecule has 4 heteroatoms. The van der Waals surface area contributed by atoms with Crippen LogP contribution in [-0.4, -0.2) is 29.8 Å². The first-order chi connectivity index (χ1) is 12.1. The number of nitrogens with one attached hydrogen (secondary N) is 1. The van der Waals surface area contributed by atoms with Crippen LogP contribution in [0.4, 0.5) is 5.69 Å². The minimum atomic E-state index is -0.168. The Hall–Kier alpha value is -1.84. The lowest BCUT2D eigenvalue weighted by Crippen LogP contribution is -2.34. The molecule has 1 aromatic rings. The molecule has 0 bridgehead atoms. The molecule has 4 nitrogen and oxygen atoms in total. The number of para-hydroxylation sites is 1. The van der Waals surface area contributed by atoms with E-state index in [0.29, 0.717) is 6.42 Å². The predicted molar refractivity (Wildman–Crippen MR) is 103 cm³/mol. The number of hydrogen-bond acceptors (Lipinski definition) is 2. The molecular weight excluding hydrogens is 312 g/mol. The van der Waals surface area contributed by atoms with Crippen LogP contribution in [0.3, 0.4) is 0 Å². The molecule has 0 spiro atoms. The molecule has 1 aromatic carbocycles. The summed E-state index contributed by atoms with van der Waals surface area (Å²) in [6.45, 7) is 9.94. The predicted octanol–water partition coefficient (Wildman–Crippen LogP) is 4.03. The summed E-state index contributed by atoms with van der Waals surface area (Å²) in [5.74, 6) is -0.138. The lowest BCUT2D eigenvalue weighted by molar-refractivity contribution is -0.134. The molecular formula is C21H32N2O2. The lowest BCUT2D eigenvalue weighted by atomic mass is 10.0. The summed E-state index contributed by atoms with van der Waals surface area (Å²) in [6.07, 6.45) is 4.37. The van der Waals surface area contributed by atoms with Crippen molar-refractivity contribution in [2.75, 3.05) is 18.4 Å². The highest BCUT2D eigenvalue weighted by Gasteiger charge is 2.49. The summed E-state index contributed by atoms with van der Waals surface area (Å²) in [5.41, 5.74) is 3.28. The maximum atomic E-state index is 12.7. The normalized spacial score (nSPS) is 18.7. The van der Waals surface area contributed by atoms with Gasteiger partial charge in [-0.1, -0.05) is 45.9 Å². The fraction of sp³-hybridized carbons (Fsp3) is 0.619. The molecule has 1 aliphatic rings. The number of anilines is 1. The standard InChI is InChI=1S/C21H32N2O2/c1-5-12-23(13-6-2)21(25)18-14-17(18)20(24)22-19-15(7-3)10-9-11-16(19)8-4/h9-11,17-18H,5-8,12-14H2,1-4H3,(H,22,24). The van der Waals surface area contributed by atoms with Gasteiger partial charge in [0.25, 0.3) is 0 Å². The molecule has 0 heterocycles. The average molecular weight is 344 g/mol. The zero-order valence-electron chi connectivity index (χ0n) is 16.1. The molecule has 1 saturated carbocycles. The van der Waals surface area contributed by atoms with Gasteiger partial charge in [-0.15, -0.1) is 0 Å². The third-order valence-electron chi connectivity index (χ3n) is 4.99. The van der Waals surface area contributed by atoms with Gasteiger partial charge in [-0.3, -0.25) is 9.59 Å². The molecule has 2 rings (SSSR count). The van der Waals surface area contributed by atoms with Crippen molar-refractivity contribution in [2.24, 2.45) is 11.8 Å². The van der Waals surface area contributed by atoms with E-state index in [2.05, 4.69) is 45.1 Å². The molecule has 0 aliphatic heterocycles. The Kier molecular flexibility index (Phi) is 7.03. The number of hydrogen-bond donors (Lipinski definition) is 1. The van der Waals surface area contributed by atoms with Gasteiger partial charge in [0.1, 0.15) is 0 Å². The number of aryl methyl sites for hydroxylation is 2. The van der Waals surface area contributed by atoms with Crippen molar-refractivity contribution in [1.29, 1.82) is 0 Å². The SMILES string of the molecule is CCCN(CCC)C(=O)C1CC1C(=O)Nc1c(CC)cccc1CC. The Bertz CT molecular complexity index is 584. The number of nitrogens with zero attached hydrogens (tertiary/aromatic N) is 1. The zero-order valence-corrected chi connectivity index (χ0v) is 16.1. The minimum Gasteiger partial charge on any atom is -0.342 e. The van der Waals surface area contributed by atoms with Gasteiger partial charge in [0.05, 0.1) is 11.8 Å². The second kappa shape index (κ2) is 9.02. The Morgan fingerprint density at radius 1 is 1.00 bits per heavy atom. The highest BCUT2D eigenvalue weighted by Crippen LogP contribution is 2.41. The van der Waals surface area contributed by atoms with Crippen molar-refractivity contribution in [3.8, 4) is 0 Å². The molecule has 0 aromatic heterocycles. The number of benzene rings is 1. The van der Waals surface area contributed by atoms with Crippen molar-refractivity contribution in [3.05, 3.63) is 29.3 Å². The lowest BCUT2D eigenvalue weighted by Gasteiger charge is -2.21. The molecule has 25 heavy (non-hydrogen) atoms. The number of rotatable bonds is 9. The molecule has 2 atom stereocenters. The van der Waals surface area contributed by atoms with Crippen LogP contribution in [0.2, 0.25) is 0 Å². The van der Waals surface area contributed by atoms with Crippen LogP contribution < -0.4 is 5.32 Å². The molecule has 2 unspecified atom stereocenters. The molecule has 2 amide bonds. The van der Waals surface area contributed by atoms with Crippen LogP contribution in [-0.2, 0) is 22.4 Å². The molecule has 0 radical (unpaired) electrons. The highest BCUT2D eigenvalue weighted by atomic mass is 16.2. The van der Waals surface area contributed by atoms with Gasteiger partial charge in [-0.2, -0.15) is 0 Å². The van der Waals surface area contributed by atoms with E-state index in [-0.39, 0.29) is 23.7 Å². The third-order valence-corrected chi connectivity index (χ3v) is 4.99. The van der Waals surface area contributed by atoms with Crippen LogP contribution in [0.5, 0.6) is 0 Å². The van der Waals surface area contributed by atoms with Crippen molar-refractivity contribution in [3.63, 3.8) is 0 Å². The summed E-state index contributed by atoms with van der Waals surface area (Å²) >= 11 is 0. The summed E-state index contributed by atoms with van der Waals surface area (Å²) in [6, 6.07) is 6.17. The first-order valence-corrected chi connectivity index (χ1v) is 9.77. The number of carbonyl (C=O) groups excluding carboxylic acids is 2. The average Bonchev–Trinajstić information content (AvgIpc) is 3.42. The zero-order chi connectivity index (χ0) is 18.4. The van der Waals surface area contributed by atoms with Crippen LogP contribution in [0, 0.1) is 11.8 Å². The van der Waals surface area contributed by atoms with E-state index in [9.17, 15) is 9.59 Å². The molecule has 1 fully saturated rings. The highest BCUT2D eigenvalue weighted by molar-refractivity contribution is 6.00. The Labute approximate surface area is 152 Å². The van der Waals surface area contributed by atoms with E-state index in [1.807, 2.05) is 11.0 Å². The summed E-state index contributed by atoms with van der Waals surface area (Å²) < 4.78 is 0. The fourth-order valence-corrected chi connectivity index (χ4v) is 3.48. The van der Waals surface area contributed by atoms with E-state index in [1.165, 1.54) is 0 Å². The topological polar surface area (TPSA) is 49.4 Å². The molecule has 0 saturated heterocycles. The van der Waals surface area contributed by atoms with Crippen LogP contribution in [0.25, 0.3) is 0 Å². The van der Waals surface area contributed by atoms with Gasteiger partial charge in [0.2, 0.25) is 11.8 Å². The summed E-state index contributed by atoms with van der Waals surface area (Å²) in [4.78, 5) is 27.3. The maximum Gasteiger partial charge on any atom is 0.228 e. The van der Waals surface area contributed by atoms with Crippen molar-refractivity contribution in [2.45, 2.75) is 59.8 Å². The summed E-state index contributed by atoms with van der Waals surface area (Å²) in [7, 11) is 0. The number of carbonyl (C=O) groups is 2. The molecule has 1 N–H and O–H groups in total. The van der Waals surface area contributed by atoms with Gasteiger partial charge < -0.3 is 10.2 Å². The van der Waals surface area contributed by atoms with Gasteiger partial charge in [-0.25, -0.2) is 0 Å². The monoisotopic (exact) mass is 344 g/mol. The van der Waals surface area contributed by atoms with E-state index in [1.54, 1.807) is 0 Å². The van der Waals surface area contributed by atoms with Crippen molar-refractivity contribution >= 4 is 17.5 Å². The smallest absolute Gasteiger partial charge is 0.228 e. The Balaban J connectivity index is 2.03. The van der Waals surface area contributed by atoms with Crippen LogP contribution in [0.15, 0.2) is 18.2 Å². The van der Waals surface area contributed by atoms with E-state index < -0.39 is 0 Å². The van der Waals surface area contributed by atoms with E-state index in [4.69, 9.17) is 0 Å². The quantitative estimate of drug-likeness (QED) is 0.735. The van der Waals surface area contributed by atoms with Crippen LogP contribution >= 0.6 is 0 Å². The van der Waals surface area contributed by atoms with E-state index >= 15 is 0 Å². The van der Waals surface area contributed by atoms with Crippen molar-refractivity contribution in [1.82, 2.24) is 4.90 Å². The van der Waals surface area contributed by atoms with Crippen LogP contribution in [0.1, 0.15) is 58.1 Å².